The fourth-order valence-electron chi connectivity index (χ4n) is 2.02. The van der Waals surface area contributed by atoms with Crippen molar-refractivity contribution in [1.82, 2.24) is 9.55 Å². The van der Waals surface area contributed by atoms with Gasteiger partial charge in [-0.25, -0.2) is 4.79 Å². The smallest absolute Gasteiger partial charge is 0.351 e. The van der Waals surface area contributed by atoms with Crippen molar-refractivity contribution in [2.75, 3.05) is 12.3 Å². The summed E-state index contributed by atoms with van der Waals surface area (Å²) in [5.74, 6) is -0.343. The van der Waals surface area contributed by atoms with Gasteiger partial charge in [-0.15, -0.1) is 0 Å². The van der Waals surface area contributed by atoms with Crippen LogP contribution in [0, 0.1) is 0 Å². The molecule has 8 heteroatoms. The molecule has 8 nitrogen and oxygen atoms in total. The first-order valence-electron chi connectivity index (χ1n) is 5.79. The monoisotopic (exact) mass is 269 g/mol. The Morgan fingerprint density at radius 1 is 1.74 bits per heavy atom. The lowest BCUT2D eigenvalue weighted by atomic mass is 10.2. The third kappa shape index (κ3) is 2.91. The molecule has 2 heterocycles. The van der Waals surface area contributed by atoms with E-state index in [0.29, 0.717) is 0 Å². The van der Waals surface area contributed by atoms with Gasteiger partial charge in [-0.1, -0.05) is 0 Å². The van der Waals surface area contributed by atoms with Gasteiger partial charge in [-0.3, -0.25) is 9.36 Å². The van der Waals surface area contributed by atoms with E-state index >= 15 is 0 Å². The van der Waals surface area contributed by atoms with Crippen molar-refractivity contribution in [1.29, 1.82) is 0 Å². The first-order chi connectivity index (χ1) is 9.01. The number of aliphatic hydroxyl groups excluding tert-OH is 1. The van der Waals surface area contributed by atoms with Crippen LogP contribution in [-0.4, -0.2) is 39.4 Å². The molecule has 2 rings (SSSR count). The SMILES string of the molecule is CC(=O)O[C@H]1C[C@@H](n2ccc(N)nc2=O)O[C@@H]1CO. The maximum absolute atomic E-state index is 11.7. The average Bonchev–Trinajstić information content (AvgIpc) is 2.71. The Morgan fingerprint density at radius 3 is 3.05 bits per heavy atom. The fourth-order valence-corrected chi connectivity index (χ4v) is 2.02. The molecule has 3 N–H and O–H groups in total. The quantitative estimate of drug-likeness (QED) is 0.678. The average molecular weight is 269 g/mol. The van der Waals surface area contributed by atoms with Crippen LogP contribution in [0.25, 0.3) is 0 Å². The molecular formula is C11H15N3O5. The molecule has 19 heavy (non-hydrogen) atoms. The largest absolute Gasteiger partial charge is 0.460 e. The number of nitrogens with zero attached hydrogens (tertiary/aromatic N) is 2. The van der Waals surface area contributed by atoms with Gasteiger partial charge < -0.3 is 20.3 Å². The van der Waals surface area contributed by atoms with Crippen molar-refractivity contribution in [3.8, 4) is 0 Å². The molecule has 0 aliphatic carbocycles. The van der Waals surface area contributed by atoms with Gasteiger partial charge in [0.1, 0.15) is 24.3 Å². The Kier molecular flexibility index (Phi) is 3.82. The Hall–Kier alpha value is -1.93. The van der Waals surface area contributed by atoms with Crippen LogP contribution in [0.4, 0.5) is 5.82 Å². The van der Waals surface area contributed by atoms with Crippen LogP contribution in [0.1, 0.15) is 19.6 Å². The number of esters is 1. The number of nitrogen functional groups attached to an aromatic ring is 1. The molecule has 1 aliphatic rings. The highest BCUT2D eigenvalue weighted by Crippen LogP contribution is 2.29. The van der Waals surface area contributed by atoms with Crippen molar-refractivity contribution >= 4 is 11.8 Å². The highest BCUT2D eigenvalue weighted by Gasteiger charge is 2.38. The number of rotatable bonds is 3. The van der Waals surface area contributed by atoms with Gasteiger partial charge >= 0.3 is 11.7 Å². The second kappa shape index (κ2) is 5.37. The summed E-state index contributed by atoms with van der Waals surface area (Å²) in [5.41, 5.74) is 4.85. The fraction of sp³-hybridized carbons (Fsp3) is 0.545. The van der Waals surface area contributed by atoms with E-state index in [9.17, 15) is 14.7 Å². The van der Waals surface area contributed by atoms with Gasteiger partial charge in [0.25, 0.3) is 0 Å². The zero-order valence-corrected chi connectivity index (χ0v) is 10.4. The molecule has 3 atom stereocenters. The summed E-state index contributed by atoms with van der Waals surface area (Å²) < 4.78 is 11.8. The molecule has 1 fully saturated rings. The van der Waals surface area contributed by atoms with Gasteiger partial charge in [0.05, 0.1) is 6.61 Å². The van der Waals surface area contributed by atoms with E-state index in [-0.39, 0.29) is 18.8 Å². The minimum atomic E-state index is -0.654. The molecule has 0 bridgehead atoms. The molecule has 0 amide bonds. The summed E-state index contributed by atoms with van der Waals surface area (Å²) >= 11 is 0. The van der Waals surface area contributed by atoms with Crippen LogP contribution in [0.3, 0.4) is 0 Å². The molecular weight excluding hydrogens is 254 g/mol. The molecule has 1 aromatic rings. The second-order valence-corrected chi connectivity index (χ2v) is 4.24. The predicted octanol–water partition coefficient (Wildman–Crippen LogP) is -0.963. The molecule has 0 radical (unpaired) electrons. The van der Waals surface area contributed by atoms with E-state index < -0.39 is 30.1 Å². The van der Waals surface area contributed by atoms with E-state index in [2.05, 4.69) is 4.98 Å². The highest BCUT2D eigenvalue weighted by molar-refractivity contribution is 5.66. The zero-order valence-electron chi connectivity index (χ0n) is 10.4. The standard InChI is InChI=1S/C11H15N3O5/c1-6(16)18-7-4-10(19-8(7)5-15)14-3-2-9(12)13-11(14)17/h2-3,7-8,10,15H,4-5H2,1H3,(H2,12,13,17)/t7-,8+,10-/m0/s1. The van der Waals surface area contributed by atoms with Crippen molar-refractivity contribution in [2.24, 2.45) is 0 Å². The van der Waals surface area contributed by atoms with Crippen LogP contribution in [0.2, 0.25) is 0 Å². The Bertz CT molecular complexity index is 529. The maximum atomic E-state index is 11.7. The first kappa shape index (κ1) is 13.5. The van der Waals surface area contributed by atoms with E-state index in [1.165, 1.54) is 23.8 Å². The molecule has 0 saturated carbocycles. The topological polar surface area (TPSA) is 117 Å². The van der Waals surface area contributed by atoms with E-state index in [1.54, 1.807) is 0 Å². The van der Waals surface area contributed by atoms with Crippen molar-refractivity contribution in [3.05, 3.63) is 22.7 Å². The third-order valence-corrected chi connectivity index (χ3v) is 2.84. The molecule has 0 spiro atoms. The minimum Gasteiger partial charge on any atom is -0.460 e. The Balaban J connectivity index is 2.19. The van der Waals surface area contributed by atoms with Crippen molar-refractivity contribution < 1.29 is 19.4 Å². The number of ether oxygens (including phenoxy) is 2. The number of nitrogens with two attached hydrogens (primary N) is 1. The molecule has 104 valence electrons. The number of carbonyl (C=O) groups excluding carboxylic acids is 1. The van der Waals surface area contributed by atoms with Gasteiger partial charge in [0, 0.05) is 19.5 Å². The van der Waals surface area contributed by atoms with Crippen LogP contribution in [0.5, 0.6) is 0 Å². The van der Waals surface area contributed by atoms with Gasteiger partial charge in [-0.05, 0) is 6.07 Å². The van der Waals surface area contributed by atoms with Crippen LogP contribution < -0.4 is 11.4 Å². The number of aliphatic hydroxyl groups is 1. The summed E-state index contributed by atoms with van der Waals surface area (Å²) in [7, 11) is 0. The summed E-state index contributed by atoms with van der Waals surface area (Å²) in [6.45, 7) is 0.976. The summed E-state index contributed by atoms with van der Waals surface area (Å²) in [6, 6.07) is 1.47. The second-order valence-electron chi connectivity index (χ2n) is 4.24. The predicted molar refractivity (Wildman–Crippen MR) is 64.1 cm³/mol. The number of hydrogen-bond donors (Lipinski definition) is 2. The molecule has 0 unspecified atom stereocenters. The highest BCUT2D eigenvalue weighted by atomic mass is 16.6. The number of carbonyl (C=O) groups is 1. The summed E-state index contributed by atoms with van der Waals surface area (Å²) in [4.78, 5) is 26.2. The van der Waals surface area contributed by atoms with Crippen molar-refractivity contribution in [2.45, 2.75) is 31.8 Å². The Morgan fingerprint density at radius 2 is 2.47 bits per heavy atom. The van der Waals surface area contributed by atoms with E-state index in [4.69, 9.17) is 15.2 Å². The number of aromatic nitrogens is 2. The lowest BCUT2D eigenvalue weighted by Crippen LogP contribution is -2.29. The van der Waals surface area contributed by atoms with Crippen molar-refractivity contribution in [3.63, 3.8) is 0 Å². The molecule has 1 aromatic heterocycles. The molecule has 0 aromatic carbocycles. The first-order valence-corrected chi connectivity index (χ1v) is 5.79. The lowest BCUT2D eigenvalue weighted by Gasteiger charge is -2.15. The lowest BCUT2D eigenvalue weighted by molar-refractivity contribution is -0.150. The normalized spacial score (nSPS) is 26.3. The van der Waals surface area contributed by atoms with E-state index in [1.807, 2.05) is 0 Å². The van der Waals surface area contributed by atoms with Crippen LogP contribution in [0.15, 0.2) is 17.1 Å². The minimum absolute atomic E-state index is 0.120. The number of anilines is 1. The van der Waals surface area contributed by atoms with Gasteiger partial charge in [-0.2, -0.15) is 4.98 Å². The van der Waals surface area contributed by atoms with Crippen LogP contribution in [-0.2, 0) is 14.3 Å². The zero-order chi connectivity index (χ0) is 14.0. The van der Waals surface area contributed by atoms with Crippen LogP contribution >= 0.6 is 0 Å². The summed E-state index contributed by atoms with van der Waals surface area (Å²) in [5, 5.41) is 9.19. The maximum Gasteiger partial charge on any atom is 0.351 e. The summed E-state index contributed by atoms with van der Waals surface area (Å²) in [6.07, 6.45) is -0.145. The Labute approximate surface area is 108 Å². The molecule has 1 aliphatic heterocycles. The van der Waals surface area contributed by atoms with Gasteiger partial charge in [0.15, 0.2) is 0 Å². The number of hydrogen-bond acceptors (Lipinski definition) is 7. The molecule has 1 saturated heterocycles. The third-order valence-electron chi connectivity index (χ3n) is 2.84. The van der Waals surface area contributed by atoms with E-state index in [0.717, 1.165) is 0 Å². The van der Waals surface area contributed by atoms with Gasteiger partial charge in [0.2, 0.25) is 0 Å².